The molecule has 0 atom stereocenters. The largest absolute Gasteiger partial charge is 0.495 e. The van der Waals surface area contributed by atoms with Crippen LogP contribution in [0.5, 0.6) is 11.6 Å². The summed E-state index contributed by atoms with van der Waals surface area (Å²) >= 11 is 5.95. The van der Waals surface area contributed by atoms with E-state index in [1.54, 1.807) is 23.0 Å². The van der Waals surface area contributed by atoms with E-state index in [0.29, 0.717) is 24.6 Å². The van der Waals surface area contributed by atoms with Crippen molar-refractivity contribution in [2.75, 3.05) is 18.4 Å². The zero-order chi connectivity index (χ0) is 19.0. The summed E-state index contributed by atoms with van der Waals surface area (Å²) in [5.41, 5.74) is 1.78. The number of hydrogen-bond donors (Lipinski definition) is 1. The second-order valence-electron chi connectivity index (χ2n) is 5.78. The van der Waals surface area contributed by atoms with Crippen LogP contribution in [0.15, 0.2) is 47.6 Å². The van der Waals surface area contributed by atoms with E-state index in [-0.39, 0.29) is 21.4 Å². The molecule has 8 nitrogen and oxygen atoms in total. The van der Waals surface area contributed by atoms with Crippen molar-refractivity contribution in [1.82, 2.24) is 14.8 Å². The molecule has 4 rings (SSSR count). The van der Waals surface area contributed by atoms with Crippen molar-refractivity contribution in [2.45, 2.75) is 11.3 Å². The van der Waals surface area contributed by atoms with Crippen LogP contribution in [0.2, 0.25) is 5.02 Å². The van der Waals surface area contributed by atoms with Crippen molar-refractivity contribution in [3.8, 4) is 17.3 Å². The summed E-state index contributed by atoms with van der Waals surface area (Å²) in [7, 11) is -2.56. The molecule has 27 heavy (non-hydrogen) atoms. The van der Waals surface area contributed by atoms with Crippen LogP contribution in [0.4, 0.5) is 5.69 Å². The molecule has 0 bridgehead atoms. The van der Waals surface area contributed by atoms with Crippen LogP contribution in [0, 0.1) is 0 Å². The number of nitrogens with one attached hydrogen (secondary N) is 1. The van der Waals surface area contributed by atoms with Gasteiger partial charge in [0.15, 0.2) is 0 Å². The summed E-state index contributed by atoms with van der Waals surface area (Å²) in [6.07, 6.45) is 3.75. The summed E-state index contributed by atoms with van der Waals surface area (Å²) in [5, 5.41) is 4.56. The van der Waals surface area contributed by atoms with Crippen molar-refractivity contribution in [1.29, 1.82) is 0 Å². The number of benzene rings is 1. The molecule has 0 aliphatic carbocycles. The fraction of sp³-hybridized carbons (Fsp3) is 0.176. The first-order valence-corrected chi connectivity index (χ1v) is 9.86. The SMILES string of the molecule is COc1ccc(Cl)cc1S(=O)(=O)Nc1cnc2c(c1)-n1nccc1CCO2. The molecule has 2 aromatic heterocycles. The highest BCUT2D eigenvalue weighted by molar-refractivity contribution is 7.92. The van der Waals surface area contributed by atoms with E-state index in [0.717, 1.165) is 5.69 Å². The number of fused-ring (bicyclic) bond motifs is 3. The third kappa shape index (κ3) is 3.31. The molecule has 1 N–H and O–H groups in total. The highest BCUT2D eigenvalue weighted by Gasteiger charge is 2.22. The van der Waals surface area contributed by atoms with Gasteiger partial charge in [0.2, 0.25) is 5.88 Å². The molecule has 0 amide bonds. The van der Waals surface area contributed by atoms with Crippen LogP contribution in [0.25, 0.3) is 5.69 Å². The zero-order valence-electron chi connectivity index (χ0n) is 14.2. The van der Waals surface area contributed by atoms with E-state index in [2.05, 4.69) is 14.8 Å². The van der Waals surface area contributed by atoms with E-state index in [1.807, 2.05) is 6.07 Å². The number of sulfonamides is 1. The minimum atomic E-state index is -3.95. The molecule has 1 aliphatic rings. The third-order valence-electron chi connectivity index (χ3n) is 4.05. The molecule has 3 heterocycles. The number of anilines is 1. The molecule has 0 spiro atoms. The number of aromatic nitrogens is 3. The zero-order valence-corrected chi connectivity index (χ0v) is 15.8. The number of ether oxygens (including phenoxy) is 2. The number of methoxy groups -OCH3 is 1. The lowest BCUT2D eigenvalue weighted by molar-refractivity contribution is 0.314. The third-order valence-corrected chi connectivity index (χ3v) is 5.68. The van der Waals surface area contributed by atoms with Crippen LogP contribution in [0.3, 0.4) is 0 Å². The molecular weight excluding hydrogens is 392 g/mol. The van der Waals surface area contributed by atoms with Crippen molar-refractivity contribution in [3.05, 3.63) is 53.4 Å². The standard InChI is InChI=1S/C17H15ClN4O4S/c1-25-15-3-2-11(18)8-16(15)27(23,24)21-12-9-14-17(19-10-12)26-7-5-13-4-6-20-22(13)14/h2-4,6,8-10,21H,5,7H2,1H3. The van der Waals surface area contributed by atoms with Gasteiger partial charge in [-0.2, -0.15) is 5.10 Å². The molecular formula is C17H15ClN4O4S. The van der Waals surface area contributed by atoms with Gasteiger partial charge in [-0.25, -0.2) is 18.1 Å². The fourth-order valence-electron chi connectivity index (χ4n) is 2.82. The number of halogens is 1. The number of nitrogens with zero attached hydrogens (tertiary/aromatic N) is 3. The normalized spacial score (nSPS) is 13.1. The highest BCUT2D eigenvalue weighted by Crippen LogP contribution is 2.31. The quantitative estimate of drug-likeness (QED) is 0.715. The summed E-state index contributed by atoms with van der Waals surface area (Å²) in [6, 6.07) is 7.88. The Balaban J connectivity index is 1.74. The van der Waals surface area contributed by atoms with E-state index >= 15 is 0 Å². The minimum Gasteiger partial charge on any atom is -0.495 e. The maximum absolute atomic E-state index is 12.8. The number of hydrogen-bond acceptors (Lipinski definition) is 6. The summed E-state index contributed by atoms with van der Waals surface area (Å²) in [6.45, 7) is 0.469. The maximum Gasteiger partial charge on any atom is 0.265 e. The summed E-state index contributed by atoms with van der Waals surface area (Å²) < 4.78 is 40.6. The summed E-state index contributed by atoms with van der Waals surface area (Å²) in [5.74, 6) is 0.577. The lowest BCUT2D eigenvalue weighted by Gasteiger charge is -2.13. The van der Waals surface area contributed by atoms with Gasteiger partial charge < -0.3 is 9.47 Å². The fourth-order valence-corrected chi connectivity index (χ4v) is 4.29. The van der Waals surface area contributed by atoms with E-state index in [9.17, 15) is 8.42 Å². The molecule has 0 saturated carbocycles. The van der Waals surface area contributed by atoms with Gasteiger partial charge in [-0.05, 0) is 30.3 Å². The van der Waals surface area contributed by atoms with E-state index in [1.165, 1.54) is 25.4 Å². The van der Waals surface area contributed by atoms with Gasteiger partial charge in [-0.3, -0.25) is 4.72 Å². The number of pyridine rings is 1. The van der Waals surface area contributed by atoms with Crippen molar-refractivity contribution in [3.63, 3.8) is 0 Å². The van der Waals surface area contributed by atoms with Gasteiger partial charge in [0.1, 0.15) is 16.3 Å². The topological polar surface area (TPSA) is 95.3 Å². The smallest absolute Gasteiger partial charge is 0.265 e. The lowest BCUT2D eigenvalue weighted by atomic mass is 10.3. The summed E-state index contributed by atoms with van der Waals surface area (Å²) in [4.78, 5) is 4.16. The average Bonchev–Trinajstić information content (AvgIpc) is 3.04. The van der Waals surface area contributed by atoms with E-state index < -0.39 is 10.0 Å². The first-order valence-electron chi connectivity index (χ1n) is 8.00. The van der Waals surface area contributed by atoms with Crippen LogP contribution < -0.4 is 14.2 Å². The lowest BCUT2D eigenvalue weighted by Crippen LogP contribution is -2.15. The van der Waals surface area contributed by atoms with Gasteiger partial charge in [0, 0.05) is 23.3 Å². The van der Waals surface area contributed by atoms with Gasteiger partial charge in [-0.1, -0.05) is 11.6 Å². The van der Waals surface area contributed by atoms with Gasteiger partial charge in [-0.15, -0.1) is 0 Å². The Morgan fingerprint density at radius 2 is 2.15 bits per heavy atom. The molecule has 140 valence electrons. The molecule has 3 aromatic rings. The minimum absolute atomic E-state index is 0.0662. The Labute approximate surface area is 160 Å². The van der Waals surface area contributed by atoms with Gasteiger partial charge in [0.05, 0.1) is 25.6 Å². The predicted molar refractivity (Wildman–Crippen MR) is 99.4 cm³/mol. The molecule has 0 unspecified atom stereocenters. The van der Waals surface area contributed by atoms with Crippen molar-refractivity contribution >= 4 is 27.3 Å². The van der Waals surface area contributed by atoms with E-state index in [4.69, 9.17) is 21.1 Å². The molecule has 1 aromatic carbocycles. The highest BCUT2D eigenvalue weighted by atomic mass is 35.5. The van der Waals surface area contributed by atoms with Crippen LogP contribution in [-0.4, -0.2) is 36.9 Å². The Hall–Kier alpha value is -2.78. The molecule has 0 fully saturated rings. The molecule has 1 aliphatic heterocycles. The van der Waals surface area contributed by atoms with Crippen LogP contribution in [-0.2, 0) is 16.4 Å². The van der Waals surface area contributed by atoms with Crippen molar-refractivity contribution < 1.29 is 17.9 Å². The van der Waals surface area contributed by atoms with Gasteiger partial charge in [0.25, 0.3) is 10.0 Å². The monoisotopic (exact) mass is 406 g/mol. The first-order chi connectivity index (χ1) is 13.0. The Morgan fingerprint density at radius 1 is 1.30 bits per heavy atom. The first kappa shape index (κ1) is 17.6. The predicted octanol–water partition coefficient (Wildman–Crippen LogP) is 2.67. The Bertz CT molecular complexity index is 1110. The van der Waals surface area contributed by atoms with Gasteiger partial charge >= 0.3 is 0 Å². The van der Waals surface area contributed by atoms with Crippen LogP contribution in [0.1, 0.15) is 5.69 Å². The second-order valence-corrected chi connectivity index (χ2v) is 7.87. The molecule has 0 saturated heterocycles. The molecule has 10 heteroatoms. The Morgan fingerprint density at radius 3 is 2.96 bits per heavy atom. The number of rotatable bonds is 4. The second kappa shape index (κ2) is 6.75. The van der Waals surface area contributed by atoms with Crippen LogP contribution >= 0.6 is 11.6 Å². The maximum atomic E-state index is 12.8. The average molecular weight is 407 g/mol. The molecule has 0 radical (unpaired) electrons. The Kier molecular flexibility index (Phi) is 4.40. The van der Waals surface area contributed by atoms with Crippen molar-refractivity contribution in [2.24, 2.45) is 0 Å².